The molecule has 18 heavy (non-hydrogen) atoms. The van der Waals surface area contributed by atoms with E-state index in [9.17, 15) is 4.79 Å². The summed E-state index contributed by atoms with van der Waals surface area (Å²) in [5.41, 5.74) is 6.99. The number of nitrogens with zero attached hydrogens (tertiary/aromatic N) is 1. The first kappa shape index (κ1) is 13.5. The molecule has 0 saturated carbocycles. The van der Waals surface area contributed by atoms with Gasteiger partial charge in [0.2, 0.25) is 0 Å². The molecule has 1 fully saturated rings. The smallest absolute Gasteiger partial charge is 0.307 e. The van der Waals surface area contributed by atoms with Crippen LogP contribution in [0.3, 0.4) is 0 Å². The Labute approximate surface area is 115 Å². The molecule has 1 aromatic carbocycles. The molecule has 0 spiro atoms. The first-order chi connectivity index (χ1) is 8.61. The Morgan fingerprint density at radius 3 is 2.67 bits per heavy atom. The van der Waals surface area contributed by atoms with Crippen LogP contribution in [-0.4, -0.2) is 35.6 Å². The molecule has 0 amide bonds. The van der Waals surface area contributed by atoms with Crippen molar-refractivity contribution in [2.24, 2.45) is 11.7 Å². The second-order valence-corrected chi connectivity index (χ2v) is 5.54. The second-order valence-electron chi connectivity index (χ2n) is 4.62. The van der Waals surface area contributed by atoms with Crippen LogP contribution in [0.4, 0.5) is 0 Å². The standard InChI is InChI=1S/C13H17BrN2O2/c14-11-3-1-9(2-4-11)12(7-15)16-6-5-10(8-16)13(17)18/h1-4,10,12H,5-8,15H2,(H,17,18)/t10-,12+/m0/s1. The van der Waals surface area contributed by atoms with Gasteiger partial charge in [-0.25, -0.2) is 0 Å². The zero-order valence-corrected chi connectivity index (χ0v) is 11.6. The molecule has 1 saturated heterocycles. The number of carboxylic acid groups (broad SMARTS) is 1. The van der Waals surface area contributed by atoms with Crippen molar-refractivity contribution in [3.63, 3.8) is 0 Å². The quantitative estimate of drug-likeness (QED) is 0.890. The number of benzene rings is 1. The minimum Gasteiger partial charge on any atom is -0.481 e. The van der Waals surface area contributed by atoms with Gasteiger partial charge < -0.3 is 10.8 Å². The predicted molar refractivity (Wildman–Crippen MR) is 73.3 cm³/mol. The molecule has 1 aliphatic rings. The lowest BCUT2D eigenvalue weighted by Crippen LogP contribution is -2.32. The van der Waals surface area contributed by atoms with Crippen molar-refractivity contribution in [1.29, 1.82) is 0 Å². The van der Waals surface area contributed by atoms with Gasteiger partial charge in [0.1, 0.15) is 0 Å². The molecule has 5 heteroatoms. The Hall–Kier alpha value is -0.910. The van der Waals surface area contributed by atoms with Crippen LogP contribution in [0, 0.1) is 5.92 Å². The van der Waals surface area contributed by atoms with Gasteiger partial charge in [0.25, 0.3) is 0 Å². The number of carbonyl (C=O) groups is 1. The van der Waals surface area contributed by atoms with E-state index >= 15 is 0 Å². The molecule has 0 bridgehead atoms. The predicted octanol–water partition coefficient (Wildman–Crippen LogP) is 1.86. The van der Waals surface area contributed by atoms with E-state index in [4.69, 9.17) is 10.8 Å². The second kappa shape index (κ2) is 5.82. The summed E-state index contributed by atoms with van der Waals surface area (Å²) in [5, 5.41) is 9.03. The van der Waals surface area contributed by atoms with Gasteiger partial charge in [-0.2, -0.15) is 0 Å². The average molecular weight is 313 g/mol. The molecule has 1 aliphatic heterocycles. The third-order valence-electron chi connectivity index (χ3n) is 3.49. The molecular formula is C13H17BrN2O2. The van der Waals surface area contributed by atoms with Gasteiger partial charge in [-0.1, -0.05) is 28.1 Å². The van der Waals surface area contributed by atoms with Crippen LogP contribution in [0.15, 0.2) is 28.7 Å². The van der Waals surface area contributed by atoms with E-state index in [2.05, 4.69) is 20.8 Å². The molecule has 0 radical (unpaired) electrons. The monoisotopic (exact) mass is 312 g/mol. The molecule has 0 aliphatic carbocycles. The first-order valence-electron chi connectivity index (χ1n) is 6.04. The Morgan fingerprint density at radius 2 is 2.17 bits per heavy atom. The molecule has 2 atom stereocenters. The molecule has 98 valence electrons. The van der Waals surface area contributed by atoms with Crippen LogP contribution in [0.2, 0.25) is 0 Å². The maximum Gasteiger partial charge on any atom is 0.307 e. The molecule has 2 rings (SSSR count). The molecule has 1 heterocycles. The van der Waals surface area contributed by atoms with Gasteiger partial charge in [0.15, 0.2) is 0 Å². The maximum atomic E-state index is 11.0. The highest BCUT2D eigenvalue weighted by molar-refractivity contribution is 9.10. The molecular weight excluding hydrogens is 296 g/mol. The minimum atomic E-state index is -0.705. The fraction of sp³-hybridized carbons (Fsp3) is 0.462. The Kier molecular flexibility index (Phi) is 4.37. The molecule has 0 unspecified atom stereocenters. The topological polar surface area (TPSA) is 66.6 Å². The van der Waals surface area contributed by atoms with Crippen molar-refractivity contribution >= 4 is 21.9 Å². The summed E-state index contributed by atoms with van der Waals surface area (Å²) in [6.45, 7) is 1.90. The minimum absolute atomic E-state index is 0.113. The van der Waals surface area contributed by atoms with E-state index in [1.165, 1.54) is 0 Å². The number of hydrogen-bond acceptors (Lipinski definition) is 3. The summed E-state index contributed by atoms with van der Waals surface area (Å²) in [5.74, 6) is -0.960. The van der Waals surface area contributed by atoms with Crippen molar-refractivity contribution < 1.29 is 9.90 Å². The number of likely N-dealkylation sites (tertiary alicyclic amines) is 1. The van der Waals surface area contributed by atoms with Gasteiger partial charge in [-0.3, -0.25) is 9.69 Å². The zero-order chi connectivity index (χ0) is 13.1. The van der Waals surface area contributed by atoms with E-state index in [1.54, 1.807) is 0 Å². The largest absolute Gasteiger partial charge is 0.481 e. The van der Waals surface area contributed by atoms with Crippen LogP contribution >= 0.6 is 15.9 Å². The summed E-state index contributed by atoms with van der Waals surface area (Å²) in [4.78, 5) is 13.1. The number of carboxylic acids is 1. The van der Waals surface area contributed by atoms with Gasteiger partial charge in [-0.15, -0.1) is 0 Å². The van der Waals surface area contributed by atoms with Gasteiger partial charge in [-0.05, 0) is 30.7 Å². The van der Waals surface area contributed by atoms with Crippen LogP contribution in [0.5, 0.6) is 0 Å². The Balaban J connectivity index is 2.10. The van der Waals surface area contributed by atoms with Crippen molar-refractivity contribution in [3.05, 3.63) is 34.3 Å². The third-order valence-corrected chi connectivity index (χ3v) is 4.02. The van der Waals surface area contributed by atoms with Crippen molar-refractivity contribution in [3.8, 4) is 0 Å². The summed E-state index contributed by atoms with van der Waals surface area (Å²) in [6.07, 6.45) is 0.711. The Morgan fingerprint density at radius 1 is 1.50 bits per heavy atom. The van der Waals surface area contributed by atoms with Crippen molar-refractivity contribution in [2.45, 2.75) is 12.5 Å². The maximum absolute atomic E-state index is 11.0. The van der Waals surface area contributed by atoms with Gasteiger partial charge in [0, 0.05) is 23.6 Å². The van der Waals surface area contributed by atoms with Crippen molar-refractivity contribution in [1.82, 2.24) is 4.90 Å². The highest BCUT2D eigenvalue weighted by Crippen LogP contribution is 2.27. The van der Waals surface area contributed by atoms with Crippen LogP contribution in [0.1, 0.15) is 18.0 Å². The lowest BCUT2D eigenvalue weighted by atomic mass is 10.1. The SMILES string of the molecule is NC[C@H](c1ccc(Br)cc1)N1CC[C@H](C(=O)O)C1. The van der Waals surface area contributed by atoms with Gasteiger partial charge in [0.05, 0.1) is 5.92 Å². The molecule has 4 nitrogen and oxygen atoms in total. The average Bonchev–Trinajstić information content (AvgIpc) is 2.82. The Bertz CT molecular complexity index is 422. The highest BCUT2D eigenvalue weighted by atomic mass is 79.9. The first-order valence-corrected chi connectivity index (χ1v) is 6.83. The summed E-state index contributed by atoms with van der Waals surface area (Å²) >= 11 is 3.41. The van der Waals surface area contributed by atoms with Crippen LogP contribution in [-0.2, 0) is 4.79 Å². The van der Waals surface area contributed by atoms with Crippen molar-refractivity contribution in [2.75, 3.05) is 19.6 Å². The fourth-order valence-electron chi connectivity index (χ4n) is 2.45. The van der Waals surface area contributed by atoms with Crippen LogP contribution < -0.4 is 5.73 Å². The summed E-state index contributed by atoms with van der Waals surface area (Å²) < 4.78 is 1.03. The lowest BCUT2D eigenvalue weighted by Gasteiger charge is -2.26. The van der Waals surface area contributed by atoms with E-state index in [-0.39, 0.29) is 12.0 Å². The number of rotatable bonds is 4. The number of hydrogen-bond donors (Lipinski definition) is 2. The summed E-state index contributed by atoms with van der Waals surface area (Å²) in [7, 11) is 0. The van der Waals surface area contributed by atoms with E-state index in [0.29, 0.717) is 19.5 Å². The molecule has 0 aromatic heterocycles. The van der Waals surface area contributed by atoms with E-state index < -0.39 is 5.97 Å². The normalized spacial score (nSPS) is 22.0. The molecule has 3 N–H and O–H groups in total. The number of aliphatic carboxylic acids is 1. The third kappa shape index (κ3) is 2.91. The lowest BCUT2D eigenvalue weighted by molar-refractivity contribution is -0.141. The van der Waals surface area contributed by atoms with E-state index in [0.717, 1.165) is 16.6 Å². The zero-order valence-electron chi connectivity index (χ0n) is 10.1. The van der Waals surface area contributed by atoms with Gasteiger partial charge >= 0.3 is 5.97 Å². The van der Waals surface area contributed by atoms with E-state index in [1.807, 2.05) is 24.3 Å². The molecule has 1 aromatic rings. The summed E-state index contributed by atoms with van der Waals surface area (Å²) in [6, 6.07) is 8.17. The fourth-order valence-corrected chi connectivity index (χ4v) is 2.72. The van der Waals surface area contributed by atoms with Crippen LogP contribution in [0.25, 0.3) is 0 Å². The number of nitrogens with two attached hydrogens (primary N) is 1. The number of halogens is 1. The highest BCUT2D eigenvalue weighted by Gasteiger charge is 2.32.